The highest BCUT2D eigenvalue weighted by Gasteiger charge is 2.03. The van der Waals surface area contributed by atoms with E-state index in [1.54, 1.807) is 12.1 Å². The first-order chi connectivity index (χ1) is 7.63. The number of benzene rings is 1. The normalized spacial score (nSPS) is 10.0. The Morgan fingerprint density at radius 1 is 1.50 bits per heavy atom. The minimum absolute atomic E-state index is 0.120. The maximum absolute atomic E-state index is 10.3. The lowest BCUT2D eigenvalue weighted by Gasteiger charge is -2.07. The van der Waals surface area contributed by atoms with Crippen LogP contribution in [0.15, 0.2) is 30.9 Å². The van der Waals surface area contributed by atoms with Gasteiger partial charge >= 0.3 is 5.97 Å². The highest BCUT2D eigenvalue weighted by Crippen LogP contribution is 2.18. The number of phenolic OH excluding ortho intramolecular Hbond substituents is 1. The summed E-state index contributed by atoms with van der Waals surface area (Å²) in [7, 11) is 0. The predicted molar refractivity (Wildman–Crippen MR) is 61.4 cm³/mol. The molecule has 0 atom stereocenters. The van der Waals surface area contributed by atoms with Crippen molar-refractivity contribution >= 4 is 5.97 Å². The number of aliphatic carboxylic acids is 1. The second-order valence-electron chi connectivity index (χ2n) is 3.45. The van der Waals surface area contributed by atoms with Crippen LogP contribution in [-0.2, 0) is 17.8 Å². The van der Waals surface area contributed by atoms with Crippen LogP contribution in [0, 0.1) is 0 Å². The maximum Gasteiger partial charge on any atom is 0.317 e. The van der Waals surface area contributed by atoms with Crippen LogP contribution in [0.5, 0.6) is 5.75 Å². The largest absolute Gasteiger partial charge is 0.508 e. The summed E-state index contributed by atoms with van der Waals surface area (Å²) in [5.74, 6) is -0.743. The van der Waals surface area contributed by atoms with Crippen LogP contribution < -0.4 is 5.32 Å². The minimum atomic E-state index is -0.915. The molecule has 0 saturated heterocycles. The van der Waals surface area contributed by atoms with E-state index in [0.29, 0.717) is 12.1 Å². The summed E-state index contributed by atoms with van der Waals surface area (Å²) in [5.41, 5.74) is 1.74. The summed E-state index contributed by atoms with van der Waals surface area (Å²) in [6.07, 6.45) is 2.51. The molecule has 1 aromatic carbocycles. The van der Waals surface area contributed by atoms with Crippen molar-refractivity contribution in [3.63, 3.8) is 0 Å². The summed E-state index contributed by atoms with van der Waals surface area (Å²) in [5, 5.41) is 20.7. The molecular formula is C12H15NO3. The number of rotatable bonds is 6. The van der Waals surface area contributed by atoms with Crippen molar-refractivity contribution in [1.82, 2.24) is 5.32 Å². The zero-order chi connectivity index (χ0) is 12.0. The molecule has 4 nitrogen and oxygen atoms in total. The Morgan fingerprint density at radius 3 is 2.88 bits per heavy atom. The van der Waals surface area contributed by atoms with Crippen LogP contribution in [0.4, 0.5) is 0 Å². The fraction of sp³-hybridized carbons (Fsp3) is 0.250. The van der Waals surface area contributed by atoms with Gasteiger partial charge in [-0.05, 0) is 18.1 Å². The Morgan fingerprint density at radius 2 is 2.25 bits per heavy atom. The lowest BCUT2D eigenvalue weighted by Crippen LogP contribution is -2.21. The monoisotopic (exact) mass is 221 g/mol. The van der Waals surface area contributed by atoms with Gasteiger partial charge in [-0.25, -0.2) is 0 Å². The summed E-state index contributed by atoms with van der Waals surface area (Å²) in [6, 6.07) is 5.26. The van der Waals surface area contributed by atoms with Crippen molar-refractivity contribution in [3.8, 4) is 5.75 Å². The molecule has 86 valence electrons. The van der Waals surface area contributed by atoms with Crippen LogP contribution in [0.3, 0.4) is 0 Å². The molecule has 4 heteroatoms. The Hall–Kier alpha value is -1.81. The van der Waals surface area contributed by atoms with E-state index >= 15 is 0 Å². The number of aromatic hydroxyl groups is 1. The van der Waals surface area contributed by atoms with Gasteiger partial charge in [-0.2, -0.15) is 0 Å². The number of hydrogen-bond donors (Lipinski definition) is 3. The second-order valence-corrected chi connectivity index (χ2v) is 3.45. The third-order valence-electron chi connectivity index (χ3n) is 2.12. The van der Waals surface area contributed by atoms with E-state index in [0.717, 1.165) is 12.0 Å². The van der Waals surface area contributed by atoms with Crippen molar-refractivity contribution < 1.29 is 15.0 Å². The summed E-state index contributed by atoms with van der Waals surface area (Å²) >= 11 is 0. The lowest BCUT2D eigenvalue weighted by atomic mass is 10.1. The molecule has 3 N–H and O–H groups in total. The highest BCUT2D eigenvalue weighted by molar-refractivity contribution is 5.69. The molecule has 0 spiro atoms. The molecule has 0 heterocycles. The lowest BCUT2D eigenvalue weighted by molar-refractivity contribution is -0.136. The molecule has 0 aliphatic heterocycles. The van der Waals surface area contributed by atoms with E-state index in [9.17, 15) is 9.90 Å². The first-order valence-corrected chi connectivity index (χ1v) is 4.97. The smallest absolute Gasteiger partial charge is 0.317 e. The first kappa shape index (κ1) is 12.3. The van der Waals surface area contributed by atoms with E-state index in [4.69, 9.17) is 5.11 Å². The second kappa shape index (κ2) is 5.92. The van der Waals surface area contributed by atoms with E-state index in [1.807, 2.05) is 12.1 Å². The van der Waals surface area contributed by atoms with E-state index in [1.165, 1.54) is 0 Å². The summed E-state index contributed by atoms with van der Waals surface area (Å²) < 4.78 is 0. The predicted octanol–water partition coefficient (Wildman–Crippen LogP) is 1.29. The molecule has 0 fully saturated rings. The SMILES string of the molecule is C=CCc1ccc(O)c(CNCC(=O)O)c1. The fourth-order valence-electron chi connectivity index (χ4n) is 1.38. The Balaban J connectivity index is 2.66. The molecule has 1 aromatic rings. The average molecular weight is 221 g/mol. The van der Waals surface area contributed by atoms with Crippen LogP contribution in [0.2, 0.25) is 0 Å². The van der Waals surface area contributed by atoms with Gasteiger partial charge in [0.2, 0.25) is 0 Å². The molecule has 0 saturated carbocycles. The number of hydrogen-bond acceptors (Lipinski definition) is 3. The number of carboxylic acids is 1. The average Bonchev–Trinajstić information content (AvgIpc) is 2.22. The maximum atomic E-state index is 10.3. The van der Waals surface area contributed by atoms with Gasteiger partial charge in [-0.1, -0.05) is 18.2 Å². The fourth-order valence-corrected chi connectivity index (χ4v) is 1.38. The van der Waals surface area contributed by atoms with Gasteiger partial charge < -0.3 is 15.5 Å². The van der Waals surface area contributed by atoms with Crippen LogP contribution in [-0.4, -0.2) is 22.7 Å². The highest BCUT2D eigenvalue weighted by atomic mass is 16.4. The molecule has 0 aliphatic carbocycles. The van der Waals surface area contributed by atoms with Crippen LogP contribution in [0.1, 0.15) is 11.1 Å². The van der Waals surface area contributed by atoms with E-state index < -0.39 is 5.97 Å². The van der Waals surface area contributed by atoms with E-state index in [-0.39, 0.29) is 12.3 Å². The first-order valence-electron chi connectivity index (χ1n) is 4.97. The van der Waals surface area contributed by atoms with Crippen LogP contribution in [0.25, 0.3) is 0 Å². The quantitative estimate of drug-likeness (QED) is 0.633. The van der Waals surface area contributed by atoms with Gasteiger partial charge in [0.05, 0.1) is 6.54 Å². The summed E-state index contributed by atoms with van der Waals surface area (Å²) in [6.45, 7) is 3.85. The standard InChI is InChI=1S/C12H15NO3/c1-2-3-9-4-5-11(14)10(6-9)7-13-8-12(15)16/h2,4-6,13-14H,1,3,7-8H2,(H,15,16). The zero-order valence-electron chi connectivity index (χ0n) is 8.94. The number of carboxylic acid groups (broad SMARTS) is 1. The number of allylic oxidation sites excluding steroid dienone is 1. The van der Waals surface area contributed by atoms with Crippen molar-refractivity contribution in [2.24, 2.45) is 0 Å². The molecule has 0 radical (unpaired) electrons. The van der Waals surface area contributed by atoms with Gasteiger partial charge in [0.25, 0.3) is 0 Å². The van der Waals surface area contributed by atoms with Crippen molar-refractivity contribution in [2.75, 3.05) is 6.54 Å². The van der Waals surface area contributed by atoms with Crippen molar-refractivity contribution in [2.45, 2.75) is 13.0 Å². The van der Waals surface area contributed by atoms with Gasteiger partial charge in [0, 0.05) is 12.1 Å². The third kappa shape index (κ3) is 3.74. The molecule has 0 amide bonds. The topological polar surface area (TPSA) is 69.6 Å². The van der Waals surface area contributed by atoms with Gasteiger partial charge in [0.15, 0.2) is 0 Å². The van der Waals surface area contributed by atoms with Crippen molar-refractivity contribution in [3.05, 3.63) is 42.0 Å². The number of carbonyl (C=O) groups is 1. The Labute approximate surface area is 94.2 Å². The van der Waals surface area contributed by atoms with Crippen molar-refractivity contribution in [1.29, 1.82) is 0 Å². The van der Waals surface area contributed by atoms with Gasteiger partial charge in [-0.15, -0.1) is 6.58 Å². The summed E-state index contributed by atoms with van der Waals surface area (Å²) in [4.78, 5) is 10.3. The minimum Gasteiger partial charge on any atom is -0.508 e. The van der Waals surface area contributed by atoms with Gasteiger partial charge in [-0.3, -0.25) is 4.79 Å². The molecule has 0 aliphatic rings. The number of nitrogens with one attached hydrogen (secondary N) is 1. The molecule has 0 bridgehead atoms. The molecule has 16 heavy (non-hydrogen) atoms. The zero-order valence-corrected chi connectivity index (χ0v) is 8.94. The molecule has 1 rings (SSSR count). The molecule has 0 aromatic heterocycles. The molecular weight excluding hydrogens is 206 g/mol. The molecule has 0 unspecified atom stereocenters. The van der Waals surface area contributed by atoms with Gasteiger partial charge in [0.1, 0.15) is 5.75 Å². The number of phenols is 1. The third-order valence-corrected chi connectivity index (χ3v) is 2.12. The Kier molecular flexibility index (Phi) is 4.54. The Bertz CT molecular complexity index is 388. The van der Waals surface area contributed by atoms with Crippen LogP contribution >= 0.6 is 0 Å². The van der Waals surface area contributed by atoms with E-state index in [2.05, 4.69) is 11.9 Å².